The Bertz CT molecular complexity index is 857. The van der Waals surface area contributed by atoms with E-state index in [9.17, 15) is 4.79 Å². The average Bonchev–Trinajstić information content (AvgIpc) is 2.78. The zero-order chi connectivity index (χ0) is 20.8. The summed E-state index contributed by atoms with van der Waals surface area (Å²) < 4.78 is 16.5. The summed E-state index contributed by atoms with van der Waals surface area (Å²) >= 11 is 1.59. The molecule has 0 unspecified atom stereocenters. The summed E-state index contributed by atoms with van der Waals surface area (Å²) in [6.45, 7) is 3.21. The van der Waals surface area contributed by atoms with Crippen LogP contribution in [0.4, 0.5) is 0 Å². The Morgan fingerprint density at radius 2 is 1.69 bits per heavy atom. The molecule has 0 aromatic heterocycles. The molecular weight excluding hydrogens is 386 g/mol. The lowest BCUT2D eigenvalue weighted by atomic mass is 9.97. The number of methoxy groups -OCH3 is 3. The second-order valence-corrected chi connectivity index (χ2v) is 8.16. The van der Waals surface area contributed by atoms with Crippen molar-refractivity contribution in [3.8, 4) is 17.2 Å². The molecule has 0 N–H and O–H groups in total. The van der Waals surface area contributed by atoms with Crippen molar-refractivity contribution in [2.45, 2.75) is 23.5 Å². The zero-order valence-electron chi connectivity index (χ0n) is 17.3. The van der Waals surface area contributed by atoms with E-state index in [0.29, 0.717) is 30.3 Å². The maximum Gasteiger partial charge on any atom is 0.236 e. The summed E-state index contributed by atoms with van der Waals surface area (Å²) in [6.07, 6.45) is 2.83. The van der Waals surface area contributed by atoms with Crippen LogP contribution in [0.25, 0.3) is 5.57 Å². The Labute approximate surface area is 176 Å². The molecular formula is C23H27NO4S. The van der Waals surface area contributed by atoms with Crippen molar-refractivity contribution in [2.24, 2.45) is 0 Å². The first kappa shape index (κ1) is 21.1. The van der Waals surface area contributed by atoms with Crippen LogP contribution in [0.3, 0.4) is 0 Å². The van der Waals surface area contributed by atoms with E-state index in [1.807, 2.05) is 54.3 Å². The van der Waals surface area contributed by atoms with E-state index in [0.717, 1.165) is 22.5 Å². The largest absolute Gasteiger partial charge is 0.496 e. The molecule has 1 atom stereocenters. The van der Waals surface area contributed by atoms with Gasteiger partial charge in [0.15, 0.2) is 0 Å². The van der Waals surface area contributed by atoms with Gasteiger partial charge in [-0.3, -0.25) is 4.79 Å². The smallest absolute Gasteiger partial charge is 0.236 e. The van der Waals surface area contributed by atoms with Gasteiger partial charge in [-0.1, -0.05) is 24.3 Å². The number of benzene rings is 2. The Morgan fingerprint density at radius 1 is 1.03 bits per heavy atom. The maximum absolute atomic E-state index is 12.9. The lowest BCUT2D eigenvalue weighted by molar-refractivity contribution is -0.129. The number of rotatable bonds is 7. The highest BCUT2D eigenvalue weighted by Gasteiger charge is 2.26. The van der Waals surface area contributed by atoms with Gasteiger partial charge in [0.05, 0.1) is 32.1 Å². The highest BCUT2D eigenvalue weighted by Crippen LogP contribution is 2.41. The Hall–Kier alpha value is -2.60. The minimum Gasteiger partial charge on any atom is -0.496 e. The fourth-order valence-electron chi connectivity index (χ4n) is 3.43. The van der Waals surface area contributed by atoms with E-state index in [-0.39, 0.29) is 11.2 Å². The molecule has 3 rings (SSSR count). The SMILES string of the molecule is COc1cc(OC)c(C2=CCN(C(=O)[C@H](C)Sc3ccccc3)CC2)c(OC)c1. The first-order valence-electron chi connectivity index (χ1n) is 9.57. The van der Waals surface area contributed by atoms with E-state index in [2.05, 4.69) is 6.08 Å². The van der Waals surface area contributed by atoms with Crippen molar-refractivity contribution in [3.05, 3.63) is 54.1 Å². The van der Waals surface area contributed by atoms with Crippen LogP contribution in [0.2, 0.25) is 0 Å². The van der Waals surface area contributed by atoms with Crippen LogP contribution in [-0.4, -0.2) is 50.5 Å². The molecule has 0 saturated carbocycles. The molecule has 29 heavy (non-hydrogen) atoms. The first-order chi connectivity index (χ1) is 14.1. The Kier molecular flexibility index (Phi) is 7.09. The van der Waals surface area contributed by atoms with Crippen LogP contribution in [0.15, 0.2) is 53.4 Å². The summed E-state index contributed by atoms with van der Waals surface area (Å²) in [6, 6.07) is 13.7. The van der Waals surface area contributed by atoms with Crippen molar-refractivity contribution in [2.75, 3.05) is 34.4 Å². The zero-order valence-corrected chi connectivity index (χ0v) is 18.1. The summed E-state index contributed by atoms with van der Waals surface area (Å²) in [7, 11) is 4.89. The van der Waals surface area contributed by atoms with Crippen LogP contribution in [0, 0.1) is 0 Å². The second kappa shape index (κ2) is 9.74. The Morgan fingerprint density at radius 3 is 2.21 bits per heavy atom. The lowest BCUT2D eigenvalue weighted by Gasteiger charge is -2.29. The van der Waals surface area contributed by atoms with Crippen LogP contribution < -0.4 is 14.2 Å². The van der Waals surface area contributed by atoms with Gasteiger partial charge in [-0.25, -0.2) is 0 Å². The van der Waals surface area contributed by atoms with Crippen LogP contribution in [-0.2, 0) is 4.79 Å². The molecule has 5 nitrogen and oxygen atoms in total. The quantitative estimate of drug-likeness (QED) is 0.625. The third-order valence-corrected chi connectivity index (χ3v) is 6.06. The van der Waals surface area contributed by atoms with Crippen LogP contribution >= 0.6 is 11.8 Å². The van der Waals surface area contributed by atoms with E-state index in [1.165, 1.54) is 0 Å². The van der Waals surface area contributed by atoms with Gasteiger partial charge in [-0.15, -0.1) is 11.8 Å². The standard InChI is InChI=1S/C23H27NO4S/c1-16(29-19-8-6-5-7-9-19)23(25)24-12-10-17(11-13-24)22-20(27-3)14-18(26-2)15-21(22)28-4/h5-10,14-16H,11-13H2,1-4H3/t16-/m0/s1. The molecule has 1 aliphatic rings. The summed E-state index contributed by atoms with van der Waals surface area (Å²) in [5, 5.41) is -0.127. The minimum absolute atomic E-state index is 0.127. The molecule has 154 valence electrons. The predicted octanol–water partition coefficient (Wildman–Crippen LogP) is 4.51. The molecule has 2 aromatic rings. The summed E-state index contributed by atoms with van der Waals surface area (Å²) in [5.74, 6) is 2.26. The monoisotopic (exact) mass is 413 g/mol. The van der Waals surface area contributed by atoms with E-state index in [1.54, 1.807) is 33.1 Å². The van der Waals surface area contributed by atoms with E-state index in [4.69, 9.17) is 14.2 Å². The molecule has 1 amide bonds. The average molecular weight is 414 g/mol. The molecule has 0 bridgehead atoms. The minimum atomic E-state index is -0.127. The van der Waals surface area contributed by atoms with Gasteiger partial charge in [-0.2, -0.15) is 0 Å². The molecule has 0 spiro atoms. The topological polar surface area (TPSA) is 48.0 Å². The molecule has 2 aromatic carbocycles. The number of thioether (sulfide) groups is 1. The van der Waals surface area contributed by atoms with Gasteiger partial charge < -0.3 is 19.1 Å². The van der Waals surface area contributed by atoms with Crippen molar-refractivity contribution >= 4 is 23.2 Å². The Balaban J connectivity index is 1.74. The number of carbonyl (C=O) groups excluding carboxylic acids is 1. The molecule has 0 aliphatic carbocycles. The summed E-state index contributed by atoms with van der Waals surface area (Å²) in [5.41, 5.74) is 2.04. The number of amides is 1. The van der Waals surface area contributed by atoms with Crippen molar-refractivity contribution in [1.82, 2.24) is 4.90 Å². The second-order valence-electron chi connectivity index (χ2n) is 6.74. The lowest BCUT2D eigenvalue weighted by Crippen LogP contribution is -2.39. The van der Waals surface area contributed by atoms with E-state index >= 15 is 0 Å². The number of hydrogen-bond donors (Lipinski definition) is 0. The highest BCUT2D eigenvalue weighted by atomic mass is 32.2. The number of nitrogens with zero attached hydrogens (tertiary/aromatic N) is 1. The molecule has 1 heterocycles. The van der Waals surface area contributed by atoms with Gasteiger partial charge in [0.25, 0.3) is 0 Å². The fourth-order valence-corrected chi connectivity index (χ4v) is 4.40. The van der Waals surface area contributed by atoms with Gasteiger partial charge in [0, 0.05) is 30.1 Å². The molecule has 0 radical (unpaired) electrons. The third kappa shape index (κ3) is 4.88. The van der Waals surface area contributed by atoms with Gasteiger partial charge in [0.1, 0.15) is 17.2 Å². The van der Waals surface area contributed by atoms with Gasteiger partial charge in [-0.05, 0) is 31.1 Å². The predicted molar refractivity (Wildman–Crippen MR) is 117 cm³/mol. The van der Waals surface area contributed by atoms with Crippen molar-refractivity contribution in [1.29, 1.82) is 0 Å². The number of carbonyl (C=O) groups is 1. The van der Waals surface area contributed by atoms with Gasteiger partial charge >= 0.3 is 0 Å². The molecule has 0 saturated heterocycles. The van der Waals surface area contributed by atoms with Crippen LogP contribution in [0.1, 0.15) is 18.9 Å². The van der Waals surface area contributed by atoms with Crippen LogP contribution in [0.5, 0.6) is 17.2 Å². The maximum atomic E-state index is 12.9. The van der Waals surface area contributed by atoms with Gasteiger partial charge in [0.2, 0.25) is 5.91 Å². The molecule has 0 fully saturated rings. The number of hydrogen-bond acceptors (Lipinski definition) is 5. The summed E-state index contributed by atoms with van der Waals surface area (Å²) in [4.78, 5) is 15.9. The molecule has 6 heteroatoms. The first-order valence-corrected chi connectivity index (χ1v) is 10.4. The highest BCUT2D eigenvalue weighted by molar-refractivity contribution is 8.00. The van der Waals surface area contributed by atoms with Crippen molar-refractivity contribution < 1.29 is 19.0 Å². The molecule has 1 aliphatic heterocycles. The van der Waals surface area contributed by atoms with Crippen molar-refractivity contribution in [3.63, 3.8) is 0 Å². The third-order valence-electron chi connectivity index (χ3n) is 4.96. The normalized spacial score (nSPS) is 14.8. The number of ether oxygens (including phenoxy) is 3. The fraction of sp³-hybridized carbons (Fsp3) is 0.348. The van der Waals surface area contributed by atoms with E-state index < -0.39 is 0 Å².